The first-order chi connectivity index (χ1) is 10.1. The maximum absolute atomic E-state index is 11.2. The highest BCUT2D eigenvalue weighted by atomic mass is 16.5. The molecule has 0 spiro atoms. The Morgan fingerprint density at radius 1 is 1.24 bits per heavy atom. The van der Waals surface area contributed by atoms with Crippen LogP contribution >= 0.6 is 0 Å². The molecule has 6 nitrogen and oxygen atoms in total. The second-order valence-electron chi connectivity index (χ2n) is 4.64. The summed E-state index contributed by atoms with van der Waals surface area (Å²) in [6.45, 7) is 0. The Morgan fingerprint density at radius 2 is 1.95 bits per heavy atom. The van der Waals surface area contributed by atoms with Crippen LogP contribution in [0.3, 0.4) is 0 Å². The number of fused-ring (bicyclic) bond motifs is 1. The lowest BCUT2D eigenvalue weighted by molar-refractivity contribution is 0.100. The first-order valence-corrected chi connectivity index (χ1v) is 6.40. The molecule has 0 saturated carbocycles. The van der Waals surface area contributed by atoms with E-state index in [0.717, 1.165) is 16.0 Å². The number of nitrogens with two attached hydrogens (primary N) is 1. The minimum absolute atomic E-state index is 0.329. The van der Waals surface area contributed by atoms with E-state index >= 15 is 0 Å². The second-order valence-corrected chi connectivity index (χ2v) is 4.64. The molecule has 0 aliphatic rings. The first kappa shape index (κ1) is 13.0. The number of benzene rings is 2. The summed E-state index contributed by atoms with van der Waals surface area (Å²) >= 11 is 0. The summed E-state index contributed by atoms with van der Waals surface area (Å²) < 4.78 is 0.968. The van der Waals surface area contributed by atoms with Crippen molar-refractivity contribution in [1.82, 2.24) is 9.71 Å². The minimum atomic E-state index is -0.543. The third-order valence-corrected chi connectivity index (χ3v) is 3.35. The highest BCUT2D eigenvalue weighted by Gasteiger charge is 2.13. The van der Waals surface area contributed by atoms with Crippen LogP contribution in [0.25, 0.3) is 22.4 Å². The van der Waals surface area contributed by atoms with Crippen molar-refractivity contribution in [2.45, 2.75) is 0 Å². The van der Waals surface area contributed by atoms with Crippen LogP contribution in [0.2, 0.25) is 0 Å². The number of imidazole rings is 1. The predicted octanol–water partition coefficient (Wildman–Crippen LogP) is 2.08. The van der Waals surface area contributed by atoms with E-state index in [4.69, 9.17) is 5.73 Å². The topological polar surface area (TPSA) is 93.2 Å². The van der Waals surface area contributed by atoms with Crippen LogP contribution < -0.4 is 11.1 Å². The van der Waals surface area contributed by atoms with Gasteiger partial charge in [0.15, 0.2) is 5.82 Å². The Kier molecular flexibility index (Phi) is 2.98. The largest absolute Gasteiger partial charge is 0.426 e. The zero-order valence-electron chi connectivity index (χ0n) is 11.4. The molecule has 0 bridgehead atoms. The van der Waals surface area contributed by atoms with Gasteiger partial charge in [-0.3, -0.25) is 4.79 Å². The van der Waals surface area contributed by atoms with Crippen LogP contribution in [0, 0.1) is 0 Å². The van der Waals surface area contributed by atoms with E-state index in [0.29, 0.717) is 22.4 Å². The molecule has 2 aromatic carbocycles. The fraction of sp³-hybridized carbons (Fsp3) is 0.0667. The molecule has 4 N–H and O–H groups in total. The lowest BCUT2D eigenvalue weighted by Crippen LogP contribution is -2.10. The molecular weight excluding hydrogens is 268 g/mol. The molecule has 0 fully saturated rings. The van der Waals surface area contributed by atoms with E-state index in [2.05, 4.69) is 10.3 Å². The highest BCUT2D eigenvalue weighted by molar-refractivity contribution is 5.96. The third-order valence-electron chi connectivity index (χ3n) is 3.35. The van der Waals surface area contributed by atoms with Gasteiger partial charge in [-0.05, 0) is 42.5 Å². The number of primary amides is 1. The summed E-state index contributed by atoms with van der Waals surface area (Å²) in [5.41, 5.74) is 8.35. The fourth-order valence-corrected chi connectivity index (χ4v) is 2.19. The van der Waals surface area contributed by atoms with Gasteiger partial charge in [-0.25, -0.2) is 4.98 Å². The van der Waals surface area contributed by atoms with Gasteiger partial charge in [0.05, 0.1) is 5.52 Å². The van der Waals surface area contributed by atoms with Gasteiger partial charge in [-0.1, -0.05) is 0 Å². The summed E-state index contributed by atoms with van der Waals surface area (Å²) in [6, 6.07) is 12.3. The van der Waals surface area contributed by atoms with Gasteiger partial charge in [0.2, 0.25) is 5.91 Å². The van der Waals surface area contributed by atoms with E-state index in [1.54, 1.807) is 12.1 Å². The Balaban J connectivity index is 2.14. The van der Waals surface area contributed by atoms with Crippen molar-refractivity contribution in [3.63, 3.8) is 0 Å². The molecule has 0 atom stereocenters. The number of carbonyl (C=O) groups is 1. The molecule has 21 heavy (non-hydrogen) atoms. The zero-order valence-corrected chi connectivity index (χ0v) is 11.4. The van der Waals surface area contributed by atoms with Crippen molar-refractivity contribution in [3.8, 4) is 11.4 Å². The smallest absolute Gasteiger partial charge is 0.248 e. The second kappa shape index (κ2) is 4.82. The summed E-state index contributed by atoms with van der Waals surface area (Å²) in [5, 5.41) is 13.3. The van der Waals surface area contributed by atoms with Crippen molar-refractivity contribution >= 4 is 22.6 Å². The number of aromatic nitrogens is 2. The van der Waals surface area contributed by atoms with Gasteiger partial charge in [0.1, 0.15) is 5.52 Å². The van der Waals surface area contributed by atoms with E-state index in [1.807, 2.05) is 31.3 Å². The summed E-state index contributed by atoms with van der Waals surface area (Å²) in [5.74, 6) is -0.132. The van der Waals surface area contributed by atoms with Crippen LogP contribution in [0.15, 0.2) is 42.5 Å². The molecule has 0 aliphatic carbocycles. The lowest BCUT2D eigenvalue weighted by Gasteiger charge is -2.03. The third kappa shape index (κ3) is 2.16. The molecule has 106 valence electrons. The number of carbonyl (C=O) groups excluding carboxylic acids is 1. The maximum Gasteiger partial charge on any atom is 0.248 e. The monoisotopic (exact) mass is 282 g/mol. The van der Waals surface area contributed by atoms with Crippen molar-refractivity contribution in [2.24, 2.45) is 5.73 Å². The quantitative estimate of drug-likeness (QED) is 0.641. The van der Waals surface area contributed by atoms with Crippen LogP contribution in [0.5, 0.6) is 0 Å². The van der Waals surface area contributed by atoms with Gasteiger partial charge >= 0.3 is 0 Å². The first-order valence-electron chi connectivity index (χ1n) is 6.40. The Hall–Kier alpha value is -3.02. The van der Waals surface area contributed by atoms with Crippen LogP contribution in [0.4, 0.5) is 5.69 Å². The molecule has 0 unspecified atom stereocenters. The van der Waals surface area contributed by atoms with E-state index < -0.39 is 5.91 Å². The van der Waals surface area contributed by atoms with Crippen molar-refractivity contribution in [3.05, 3.63) is 48.0 Å². The zero-order chi connectivity index (χ0) is 15.0. The van der Waals surface area contributed by atoms with E-state index in [9.17, 15) is 10.0 Å². The molecule has 0 aliphatic heterocycles. The number of amides is 1. The maximum atomic E-state index is 11.2. The normalized spacial score (nSPS) is 10.7. The van der Waals surface area contributed by atoms with Gasteiger partial charge < -0.3 is 16.3 Å². The molecule has 0 saturated heterocycles. The molecule has 3 rings (SSSR count). The molecule has 6 heteroatoms. The highest BCUT2D eigenvalue weighted by Crippen LogP contribution is 2.25. The summed E-state index contributed by atoms with van der Waals surface area (Å²) in [6.07, 6.45) is 0. The SMILES string of the molecule is CNc1ccc(-c2nc3ccc(C(N)=O)cc3n2O)cc1. The number of nitrogens with one attached hydrogen (secondary N) is 1. The molecule has 1 heterocycles. The molecular formula is C15H14N4O2. The van der Waals surface area contributed by atoms with Crippen molar-refractivity contribution in [2.75, 3.05) is 12.4 Å². The number of hydrogen-bond acceptors (Lipinski definition) is 4. The van der Waals surface area contributed by atoms with Crippen LogP contribution in [-0.2, 0) is 0 Å². The van der Waals surface area contributed by atoms with Gasteiger partial charge in [-0.15, -0.1) is 0 Å². The van der Waals surface area contributed by atoms with E-state index in [-0.39, 0.29) is 0 Å². The van der Waals surface area contributed by atoms with Crippen LogP contribution in [0.1, 0.15) is 10.4 Å². The fourth-order valence-electron chi connectivity index (χ4n) is 2.19. The van der Waals surface area contributed by atoms with Crippen molar-refractivity contribution in [1.29, 1.82) is 0 Å². The Morgan fingerprint density at radius 3 is 2.57 bits per heavy atom. The molecule has 0 radical (unpaired) electrons. The number of anilines is 1. The molecule has 1 amide bonds. The Bertz CT molecular complexity index is 822. The summed E-state index contributed by atoms with van der Waals surface area (Å²) in [4.78, 5) is 15.6. The van der Waals surface area contributed by atoms with Crippen LogP contribution in [-0.4, -0.2) is 27.9 Å². The minimum Gasteiger partial charge on any atom is -0.426 e. The predicted molar refractivity (Wildman–Crippen MR) is 80.4 cm³/mol. The molecule has 3 aromatic rings. The number of hydrogen-bond donors (Lipinski definition) is 3. The number of rotatable bonds is 3. The van der Waals surface area contributed by atoms with Crippen molar-refractivity contribution < 1.29 is 10.0 Å². The number of nitrogens with zero attached hydrogens (tertiary/aromatic N) is 2. The molecule has 1 aromatic heterocycles. The van der Waals surface area contributed by atoms with Gasteiger partial charge in [0, 0.05) is 23.9 Å². The lowest BCUT2D eigenvalue weighted by atomic mass is 10.2. The Labute approximate surface area is 120 Å². The van der Waals surface area contributed by atoms with Gasteiger partial charge in [-0.2, -0.15) is 4.73 Å². The summed E-state index contributed by atoms with van der Waals surface area (Å²) in [7, 11) is 1.83. The average molecular weight is 282 g/mol. The van der Waals surface area contributed by atoms with Gasteiger partial charge in [0.25, 0.3) is 0 Å². The standard InChI is InChI=1S/C15H14N4O2/c1-17-11-5-2-9(3-6-11)15-18-12-7-4-10(14(16)20)8-13(12)19(15)21/h2-8,17,21H,1H3,(H2,16,20). The van der Waals surface area contributed by atoms with E-state index in [1.165, 1.54) is 6.07 Å². The average Bonchev–Trinajstić information content (AvgIpc) is 2.84.